The van der Waals surface area contributed by atoms with Gasteiger partial charge in [0.15, 0.2) is 0 Å². The van der Waals surface area contributed by atoms with E-state index in [9.17, 15) is 19.5 Å². The summed E-state index contributed by atoms with van der Waals surface area (Å²) in [6.45, 7) is 3.66. The molecule has 1 amide bonds. The van der Waals surface area contributed by atoms with E-state index in [1.807, 2.05) is 6.92 Å². The number of amides is 1. The normalized spacial score (nSPS) is 26.0. The Kier molecular flexibility index (Phi) is 3.99. The summed E-state index contributed by atoms with van der Waals surface area (Å²) in [7, 11) is 0. The number of hydrogen-bond acceptors (Lipinski definition) is 4. The number of Topliss-reactive ketones (excluding diaryl/α,β-unsaturated/α-hetero) is 1. The Hall–Kier alpha value is -1.30. The highest BCUT2D eigenvalue weighted by molar-refractivity contribution is 8.00. The van der Waals surface area contributed by atoms with Crippen LogP contribution in [0.5, 0.6) is 0 Å². The van der Waals surface area contributed by atoms with Crippen LogP contribution in [-0.2, 0) is 14.4 Å². The second kappa shape index (κ2) is 5.36. The summed E-state index contributed by atoms with van der Waals surface area (Å²) in [4.78, 5) is 36.2. The fourth-order valence-electron chi connectivity index (χ4n) is 2.48. The van der Waals surface area contributed by atoms with Crippen molar-refractivity contribution >= 4 is 29.4 Å². The van der Waals surface area contributed by atoms with Crippen LogP contribution in [0.1, 0.15) is 33.1 Å². The van der Waals surface area contributed by atoms with Gasteiger partial charge in [-0.3, -0.25) is 14.5 Å². The van der Waals surface area contributed by atoms with Crippen molar-refractivity contribution in [2.75, 3.05) is 5.75 Å². The number of carbonyl (C=O) groups is 3. The second-order valence-electron chi connectivity index (χ2n) is 4.72. The number of nitrogens with zero attached hydrogens (tertiary/aromatic N) is 1. The molecule has 0 aromatic rings. The van der Waals surface area contributed by atoms with Crippen LogP contribution in [0.15, 0.2) is 11.3 Å². The van der Waals surface area contributed by atoms with Crippen LogP contribution < -0.4 is 0 Å². The molecular weight excluding hydrogens is 266 g/mol. The molecule has 104 valence electrons. The maximum Gasteiger partial charge on any atom is 0.352 e. The van der Waals surface area contributed by atoms with Crippen molar-refractivity contribution in [3.8, 4) is 0 Å². The van der Waals surface area contributed by atoms with Crippen LogP contribution in [0.2, 0.25) is 0 Å². The lowest BCUT2D eigenvalue weighted by atomic mass is 9.90. The predicted molar refractivity (Wildman–Crippen MR) is 71.4 cm³/mol. The summed E-state index contributed by atoms with van der Waals surface area (Å²) >= 11 is 1.56. The summed E-state index contributed by atoms with van der Waals surface area (Å²) in [5.74, 6) is -0.923. The lowest BCUT2D eigenvalue weighted by molar-refractivity contribution is -0.154. The molecule has 2 aliphatic rings. The van der Waals surface area contributed by atoms with E-state index in [1.165, 1.54) is 4.90 Å². The van der Waals surface area contributed by atoms with Gasteiger partial charge in [0.1, 0.15) is 11.5 Å². The Bertz CT molecular complexity index is 471. The van der Waals surface area contributed by atoms with E-state index in [4.69, 9.17) is 0 Å². The molecule has 0 radical (unpaired) electrons. The lowest BCUT2D eigenvalue weighted by Crippen LogP contribution is -2.61. The quantitative estimate of drug-likeness (QED) is 0.776. The van der Waals surface area contributed by atoms with Crippen molar-refractivity contribution in [2.24, 2.45) is 5.92 Å². The van der Waals surface area contributed by atoms with Crippen molar-refractivity contribution in [1.82, 2.24) is 4.90 Å². The molecule has 0 aromatic carbocycles. The number of hydrogen-bond donors (Lipinski definition) is 1. The van der Waals surface area contributed by atoms with Crippen LogP contribution in [0.25, 0.3) is 0 Å². The third-order valence-electron chi connectivity index (χ3n) is 3.63. The lowest BCUT2D eigenvalue weighted by Gasteiger charge is -2.49. The Labute approximate surface area is 116 Å². The maximum absolute atomic E-state index is 12.1. The molecule has 2 aliphatic heterocycles. The number of fused-ring (bicyclic) bond motifs is 1. The van der Waals surface area contributed by atoms with Gasteiger partial charge in [0.2, 0.25) is 5.91 Å². The smallest absolute Gasteiger partial charge is 0.352 e. The molecule has 0 spiro atoms. The second-order valence-corrected chi connectivity index (χ2v) is 5.83. The van der Waals surface area contributed by atoms with Crippen LogP contribution in [0, 0.1) is 5.92 Å². The maximum atomic E-state index is 12.1. The van der Waals surface area contributed by atoms with E-state index < -0.39 is 5.97 Å². The molecule has 0 aromatic heterocycles. The molecule has 5 nitrogen and oxygen atoms in total. The fourth-order valence-corrected chi connectivity index (χ4v) is 3.99. The average Bonchev–Trinajstić information content (AvgIpc) is 2.42. The number of thioether (sulfide) groups is 1. The highest BCUT2D eigenvalue weighted by Gasteiger charge is 2.53. The van der Waals surface area contributed by atoms with Gasteiger partial charge in [-0.15, -0.1) is 11.8 Å². The number of carboxylic acid groups (broad SMARTS) is 1. The molecule has 1 N–H and O–H groups in total. The topological polar surface area (TPSA) is 74.7 Å². The Morgan fingerprint density at radius 3 is 2.63 bits per heavy atom. The minimum Gasteiger partial charge on any atom is -0.477 e. The van der Waals surface area contributed by atoms with Gasteiger partial charge in [-0.2, -0.15) is 0 Å². The first-order valence-electron chi connectivity index (χ1n) is 6.42. The number of ketones is 1. The van der Waals surface area contributed by atoms with Crippen molar-refractivity contribution in [3.63, 3.8) is 0 Å². The van der Waals surface area contributed by atoms with Crippen molar-refractivity contribution in [3.05, 3.63) is 11.3 Å². The molecule has 1 saturated heterocycles. The molecular formula is C13H17NO4S. The third kappa shape index (κ3) is 2.29. The van der Waals surface area contributed by atoms with Crippen LogP contribution >= 0.6 is 11.8 Å². The Morgan fingerprint density at radius 1 is 1.42 bits per heavy atom. The van der Waals surface area contributed by atoms with E-state index in [2.05, 4.69) is 0 Å². The van der Waals surface area contributed by atoms with Crippen LogP contribution in [0.4, 0.5) is 0 Å². The number of β-lactam (4-membered cyclic amide) rings is 1. The van der Waals surface area contributed by atoms with E-state index >= 15 is 0 Å². The number of aliphatic carboxylic acids is 1. The van der Waals surface area contributed by atoms with E-state index in [1.54, 1.807) is 18.7 Å². The van der Waals surface area contributed by atoms with Gasteiger partial charge < -0.3 is 5.11 Å². The first kappa shape index (κ1) is 14.1. The molecule has 2 heterocycles. The molecule has 1 fully saturated rings. The summed E-state index contributed by atoms with van der Waals surface area (Å²) in [6, 6.07) is 0. The molecule has 6 heteroatoms. The van der Waals surface area contributed by atoms with Crippen molar-refractivity contribution < 1.29 is 19.5 Å². The standard InChI is InChI=1S/C13H17NO4S/c1-3-7-6-19-12-9(5-8(15)4-2)11(16)14(12)10(7)13(17)18/h9,12H,3-6H2,1-2H3,(H,17,18)/t9-,12-/m1/s1. The van der Waals surface area contributed by atoms with Crippen molar-refractivity contribution in [1.29, 1.82) is 0 Å². The minimum atomic E-state index is -1.05. The molecule has 19 heavy (non-hydrogen) atoms. The van der Waals surface area contributed by atoms with Crippen LogP contribution in [-0.4, -0.2) is 38.8 Å². The summed E-state index contributed by atoms with van der Waals surface area (Å²) in [6.07, 6.45) is 1.28. The Balaban J connectivity index is 2.21. The SMILES string of the molecule is CCC(=O)C[C@@H]1C(=O)N2C(C(=O)O)=C(CC)CS[C@H]12. The van der Waals surface area contributed by atoms with E-state index in [-0.39, 0.29) is 35.1 Å². The van der Waals surface area contributed by atoms with Crippen molar-refractivity contribution in [2.45, 2.75) is 38.5 Å². The monoisotopic (exact) mass is 283 g/mol. The zero-order valence-corrected chi connectivity index (χ0v) is 11.8. The summed E-state index contributed by atoms with van der Waals surface area (Å²) < 4.78 is 0. The first-order valence-corrected chi connectivity index (χ1v) is 7.47. The third-order valence-corrected chi connectivity index (χ3v) is 5.02. The molecule has 0 saturated carbocycles. The van der Waals surface area contributed by atoms with Gasteiger partial charge >= 0.3 is 5.97 Å². The van der Waals surface area contributed by atoms with Gasteiger partial charge in [-0.05, 0) is 12.0 Å². The van der Waals surface area contributed by atoms with Crippen LogP contribution in [0.3, 0.4) is 0 Å². The molecule has 0 bridgehead atoms. The Morgan fingerprint density at radius 2 is 2.11 bits per heavy atom. The fraction of sp³-hybridized carbons (Fsp3) is 0.615. The highest BCUT2D eigenvalue weighted by Crippen LogP contribution is 2.45. The largest absolute Gasteiger partial charge is 0.477 e. The first-order chi connectivity index (χ1) is 9.01. The van der Waals surface area contributed by atoms with Gasteiger partial charge in [-0.25, -0.2) is 4.79 Å². The average molecular weight is 283 g/mol. The van der Waals surface area contributed by atoms with Gasteiger partial charge in [0, 0.05) is 18.6 Å². The minimum absolute atomic E-state index is 0.0562. The predicted octanol–water partition coefficient (Wildman–Crippen LogP) is 1.64. The number of rotatable bonds is 5. The molecule has 0 aliphatic carbocycles. The number of carboxylic acids is 1. The molecule has 0 unspecified atom stereocenters. The summed E-state index contributed by atoms with van der Waals surface area (Å²) in [5, 5.41) is 9.09. The van der Waals surface area contributed by atoms with Gasteiger partial charge in [0.05, 0.1) is 11.3 Å². The van der Waals surface area contributed by atoms with Gasteiger partial charge in [0.25, 0.3) is 0 Å². The summed E-state index contributed by atoms with van der Waals surface area (Å²) in [5.41, 5.74) is 0.929. The van der Waals surface area contributed by atoms with E-state index in [0.717, 1.165) is 5.57 Å². The highest BCUT2D eigenvalue weighted by atomic mass is 32.2. The molecule has 2 rings (SSSR count). The zero-order valence-electron chi connectivity index (χ0n) is 11.0. The van der Waals surface area contributed by atoms with E-state index in [0.29, 0.717) is 18.6 Å². The molecule has 2 atom stereocenters. The van der Waals surface area contributed by atoms with Gasteiger partial charge in [-0.1, -0.05) is 13.8 Å². The number of carbonyl (C=O) groups excluding carboxylic acids is 2. The zero-order chi connectivity index (χ0) is 14.2.